The standard InChI is InChI=1S/C17H14ClN3O4/c1-10-3-6-16(15(7-10)21(23)24)25-11(2)17(22)20-13-5-4-12(9-19)14(18)8-13/h3-8,11H,1-2H3,(H,20,22). The van der Waals surface area contributed by atoms with Gasteiger partial charge >= 0.3 is 5.69 Å². The molecule has 0 bridgehead atoms. The highest BCUT2D eigenvalue weighted by molar-refractivity contribution is 6.32. The van der Waals surface area contributed by atoms with Crippen molar-refractivity contribution in [3.63, 3.8) is 0 Å². The Bertz CT molecular complexity index is 877. The van der Waals surface area contributed by atoms with Crippen molar-refractivity contribution >= 4 is 28.9 Å². The van der Waals surface area contributed by atoms with E-state index in [0.717, 1.165) is 0 Å². The van der Waals surface area contributed by atoms with E-state index < -0.39 is 16.9 Å². The van der Waals surface area contributed by atoms with Gasteiger partial charge in [-0.2, -0.15) is 5.26 Å². The van der Waals surface area contributed by atoms with Crippen molar-refractivity contribution in [3.05, 3.63) is 62.7 Å². The maximum Gasteiger partial charge on any atom is 0.311 e. The fraction of sp³-hybridized carbons (Fsp3) is 0.176. The van der Waals surface area contributed by atoms with Crippen molar-refractivity contribution in [3.8, 4) is 11.8 Å². The monoisotopic (exact) mass is 359 g/mol. The Morgan fingerprint density at radius 1 is 1.36 bits per heavy atom. The van der Waals surface area contributed by atoms with E-state index in [1.165, 1.54) is 37.3 Å². The fourth-order valence-electron chi connectivity index (χ4n) is 2.04. The van der Waals surface area contributed by atoms with Crippen LogP contribution in [0.1, 0.15) is 18.1 Å². The molecule has 0 aliphatic carbocycles. The normalized spacial score (nSPS) is 11.3. The number of hydrogen-bond acceptors (Lipinski definition) is 5. The second-order valence-corrected chi connectivity index (χ2v) is 5.69. The van der Waals surface area contributed by atoms with Crippen LogP contribution in [0.25, 0.3) is 0 Å². The lowest BCUT2D eigenvalue weighted by atomic mass is 10.2. The second-order valence-electron chi connectivity index (χ2n) is 5.28. The highest BCUT2D eigenvalue weighted by Gasteiger charge is 2.21. The van der Waals surface area contributed by atoms with Crippen molar-refractivity contribution in [1.82, 2.24) is 0 Å². The van der Waals surface area contributed by atoms with Crippen LogP contribution < -0.4 is 10.1 Å². The Morgan fingerprint density at radius 3 is 2.68 bits per heavy atom. The van der Waals surface area contributed by atoms with Crippen molar-refractivity contribution < 1.29 is 14.5 Å². The van der Waals surface area contributed by atoms with Crippen LogP contribution in [0.15, 0.2) is 36.4 Å². The molecular formula is C17H14ClN3O4. The van der Waals surface area contributed by atoms with E-state index in [1.54, 1.807) is 13.0 Å². The fourth-order valence-corrected chi connectivity index (χ4v) is 2.26. The van der Waals surface area contributed by atoms with Gasteiger partial charge in [0.15, 0.2) is 11.9 Å². The van der Waals surface area contributed by atoms with Crippen molar-refractivity contribution in [1.29, 1.82) is 5.26 Å². The number of hydrogen-bond donors (Lipinski definition) is 1. The molecule has 2 aromatic rings. The molecule has 7 nitrogen and oxygen atoms in total. The zero-order valence-electron chi connectivity index (χ0n) is 13.4. The largest absolute Gasteiger partial charge is 0.474 e. The summed E-state index contributed by atoms with van der Waals surface area (Å²) in [6.07, 6.45) is -0.976. The smallest absolute Gasteiger partial charge is 0.311 e. The maximum absolute atomic E-state index is 12.2. The molecule has 0 saturated heterocycles. The molecule has 0 saturated carbocycles. The van der Waals surface area contributed by atoms with Gasteiger partial charge in [0.2, 0.25) is 0 Å². The van der Waals surface area contributed by atoms with Gasteiger partial charge in [-0.15, -0.1) is 0 Å². The number of rotatable bonds is 5. The van der Waals surface area contributed by atoms with Crippen LogP contribution in [0, 0.1) is 28.4 Å². The van der Waals surface area contributed by atoms with Gasteiger partial charge in [0.1, 0.15) is 6.07 Å². The van der Waals surface area contributed by atoms with Crippen LogP contribution in [0.5, 0.6) is 5.75 Å². The zero-order chi connectivity index (χ0) is 18.6. The van der Waals surface area contributed by atoms with Crippen LogP contribution in [-0.4, -0.2) is 16.9 Å². The minimum atomic E-state index is -0.976. The Kier molecular flexibility index (Phi) is 5.57. The van der Waals surface area contributed by atoms with Gasteiger partial charge in [-0.05, 0) is 43.7 Å². The summed E-state index contributed by atoms with van der Waals surface area (Å²) < 4.78 is 5.43. The van der Waals surface area contributed by atoms with Crippen LogP contribution in [0.4, 0.5) is 11.4 Å². The van der Waals surface area contributed by atoms with Gasteiger partial charge in [0, 0.05) is 11.8 Å². The van der Waals surface area contributed by atoms with Gasteiger partial charge in [-0.3, -0.25) is 14.9 Å². The molecule has 0 fully saturated rings. The summed E-state index contributed by atoms with van der Waals surface area (Å²) in [5, 5.41) is 22.7. The first kappa shape index (κ1) is 18.2. The SMILES string of the molecule is Cc1ccc(OC(C)C(=O)Nc2ccc(C#N)c(Cl)c2)c([N+](=O)[O-])c1. The molecule has 25 heavy (non-hydrogen) atoms. The van der Waals surface area contributed by atoms with E-state index in [1.807, 2.05) is 6.07 Å². The lowest BCUT2D eigenvalue weighted by Crippen LogP contribution is -2.30. The molecule has 0 spiro atoms. The molecule has 0 aromatic heterocycles. The van der Waals surface area contributed by atoms with E-state index in [0.29, 0.717) is 16.8 Å². The number of halogens is 1. The summed E-state index contributed by atoms with van der Waals surface area (Å²) in [5.74, 6) is -0.494. The highest BCUT2D eigenvalue weighted by atomic mass is 35.5. The Morgan fingerprint density at radius 2 is 2.08 bits per heavy atom. The predicted molar refractivity (Wildman–Crippen MR) is 92.7 cm³/mol. The molecule has 0 radical (unpaired) electrons. The molecule has 1 atom stereocenters. The Labute approximate surface area is 148 Å². The first-order chi connectivity index (χ1) is 11.8. The van der Waals surface area contributed by atoms with Crippen LogP contribution in [-0.2, 0) is 4.79 Å². The third-order valence-corrected chi connectivity index (χ3v) is 3.65. The quantitative estimate of drug-likeness (QED) is 0.645. The summed E-state index contributed by atoms with van der Waals surface area (Å²) in [6.45, 7) is 3.20. The number of amides is 1. The predicted octanol–water partition coefficient (Wildman–Crippen LogP) is 3.83. The third-order valence-electron chi connectivity index (χ3n) is 3.34. The summed E-state index contributed by atoms with van der Waals surface area (Å²) in [4.78, 5) is 22.8. The number of ether oxygens (including phenoxy) is 1. The number of nitro groups is 1. The summed E-state index contributed by atoms with van der Waals surface area (Å²) in [6, 6.07) is 10.9. The van der Waals surface area contributed by atoms with E-state index in [4.69, 9.17) is 21.6 Å². The van der Waals surface area contributed by atoms with Gasteiger partial charge in [0.05, 0.1) is 15.5 Å². The summed E-state index contributed by atoms with van der Waals surface area (Å²) in [7, 11) is 0. The van der Waals surface area contributed by atoms with Crippen molar-refractivity contribution in [2.24, 2.45) is 0 Å². The first-order valence-electron chi connectivity index (χ1n) is 7.24. The third kappa shape index (κ3) is 4.46. The summed E-state index contributed by atoms with van der Waals surface area (Å²) in [5.41, 5.74) is 1.19. The number of carbonyl (C=O) groups is 1. The lowest BCUT2D eigenvalue weighted by molar-refractivity contribution is -0.386. The molecule has 1 amide bonds. The van der Waals surface area contributed by atoms with Gasteiger partial charge in [-0.1, -0.05) is 17.7 Å². The number of benzene rings is 2. The lowest BCUT2D eigenvalue weighted by Gasteiger charge is -2.15. The van der Waals surface area contributed by atoms with Crippen molar-refractivity contribution in [2.75, 3.05) is 5.32 Å². The Hall–Kier alpha value is -3.11. The van der Waals surface area contributed by atoms with Crippen LogP contribution >= 0.6 is 11.6 Å². The molecule has 1 unspecified atom stereocenters. The molecular weight excluding hydrogens is 346 g/mol. The highest BCUT2D eigenvalue weighted by Crippen LogP contribution is 2.29. The Balaban J connectivity index is 2.12. The molecule has 0 aliphatic heterocycles. The number of anilines is 1. The molecule has 128 valence electrons. The van der Waals surface area contributed by atoms with E-state index in [9.17, 15) is 14.9 Å². The number of nitrogens with zero attached hydrogens (tertiary/aromatic N) is 2. The summed E-state index contributed by atoms with van der Waals surface area (Å²) >= 11 is 5.91. The van der Waals surface area contributed by atoms with Crippen LogP contribution in [0.2, 0.25) is 5.02 Å². The molecule has 2 aromatic carbocycles. The van der Waals surface area contributed by atoms with Gasteiger partial charge < -0.3 is 10.1 Å². The second kappa shape index (κ2) is 7.64. The number of carbonyl (C=O) groups excluding carboxylic acids is 1. The molecule has 0 heterocycles. The average molecular weight is 360 g/mol. The first-order valence-corrected chi connectivity index (χ1v) is 7.62. The number of nitro benzene ring substituents is 1. The minimum absolute atomic E-state index is 0.0103. The van der Waals surface area contributed by atoms with Crippen molar-refractivity contribution in [2.45, 2.75) is 20.0 Å². The topological polar surface area (TPSA) is 105 Å². The average Bonchev–Trinajstić information content (AvgIpc) is 2.56. The minimum Gasteiger partial charge on any atom is -0.474 e. The number of aryl methyl sites for hydroxylation is 1. The molecule has 8 heteroatoms. The van der Waals surface area contributed by atoms with E-state index >= 15 is 0 Å². The molecule has 2 rings (SSSR count). The number of nitrogens with one attached hydrogen (secondary N) is 1. The zero-order valence-corrected chi connectivity index (χ0v) is 14.2. The number of nitriles is 1. The van der Waals surface area contributed by atoms with Gasteiger partial charge in [0.25, 0.3) is 5.91 Å². The van der Waals surface area contributed by atoms with Crippen LogP contribution in [0.3, 0.4) is 0 Å². The molecule has 1 N–H and O–H groups in total. The van der Waals surface area contributed by atoms with E-state index in [2.05, 4.69) is 5.32 Å². The maximum atomic E-state index is 12.2. The van der Waals surface area contributed by atoms with E-state index in [-0.39, 0.29) is 16.5 Å². The molecule has 0 aliphatic rings. The van der Waals surface area contributed by atoms with Gasteiger partial charge in [-0.25, -0.2) is 0 Å².